The van der Waals surface area contributed by atoms with Gasteiger partial charge in [0.15, 0.2) is 54.0 Å². The molecular formula is C20H24F2N10O10P2S2. The fraction of sp³-hybridized carbons (Fsp3) is 0.550. The highest BCUT2D eigenvalue weighted by Gasteiger charge is 2.54. The second-order valence-corrected chi connectivity index (χ2v) is 16.1. The molecule has 0 spiro atoms. The lowest BCUT2D eigenvalue weighted by Gasteiger charge is -2.28. The zero-order chi connectivity index (χ0) is 32.7. The van der Waals surface area contributed by atoms with Crippen LogP contribution in [0, 0.1) is 0 Å². The Bertz CT molecular complexity index is 1880. The van der Waals surface area contributed by atoms with E-state index in [1.165, 1.54) is 0 Å². The molecule has 3 fully saturated rings. The maximum absolute atomic E-state index is 16.0. The van der Waals surface area contributed by atoms with Gasteiger partial charge in [-0.05, 0) is 0 Å². The third kappa shape index (κ3) is 5.64. The molecule has 46 heavy (non-hydrogen) atoms. The van der Waals surface area contributed by atoms with E-state index in [0.717, 1.165) is 21.8 Å². The van der Waals surface area contributed by atoms with E-state index < -0.39 is 87.8 Å². The lowest BCUT2D eigenvalue weighted by atomic mass is 10.1. The number of thiol groups is 2. The number of nitrogen functional groups attached to an aromatic ring is 1. The molecule has 0 amide bonds. The zero-order valence-electron chi connectivity index (χ0n) is 22.8. The molecule has 0 aromatic carbocycles. The van der Waals surface area contributed by atoms with Crippen molar-refractivity contribution < 1.29 is 50.6 Å². The maximum Gasteiger partial charge on any atom is 0.386 e. The lowest BCUT2D eigenvalue weighted by Crippen LogP contribution is -2.37. The second kappa shape index (κ2) is 11.5. The first-order valence-electron chi connectivity index (χ1n) is 13.2. The molecule has 7 rings (SSSR count). The van der Waals surface area contributed by atoms with Crippen molar-refractivity contribution in [1.82, 2.24) is 34.4 Å². The number of imidazole rings is 2. The van der Waals surface area contributed by atoms with E-state index in [9.17, 15) is 19.0 Å². The minimum atomic E-state index is -4.47. The summed E-state index contributed by atoms with van der Waals surface area (Å²) in [6.07, 6.45) is -12.8. The van der Waals surface area contributed by atoms with Crippen molar-refractivity contribution in [2.75, 3.05) is 18.9 Å². The number of ether oxygens (including phenoxy) is 2. The number of fused-ring (bicyclic) bond motifs is 4. The van der Waals surface area contributed by atoms with Gasteiger partial charge >= 0.3 is 13.6 Å². The predicted octanol–water partition coefficient (Wildman–Crippen LogP) is 0.503. The molecule has 0 radical (unpaired) electrons. The van der Waals surface area contributed by atoms with Crippen LogP contribution in [0.3, 0.4) is 0 Å². The Morgan fingerprint density at radius 2 is 1.52 bits per heavy atom. The minimum absolute atomic E-state index is 0.0184. The van der Waals surface area contributed by atoms with Gasteiger partial charge < -0.3 is 31.4 Å². The van der Waals surface area contributed by atoms with Crippen LogP contribution in [0.4, 0.5) is 20.5 Å². The Morgan fingerprint density at radius 1 is 0.957 bits per heavy atom. The van der Waals surface area contributed by atoms with Crippen LogP contribution in [-0.2, 0) is 36.7 Å². The van der Waals surface area contributed by atoms with E-state index in [0.29, 0.717) is 0 Å². The van der Waals surface area contributed by atoms with Crippen molar-refractivity contribution in [3.05, 3.63) is 28.7 Å². The highest BCUT2D eigenvalue weighted by Crippen LogP contribution is 2.60. The van der Waals surface area contributed by atoms with Crippen molar-refractivity contribution in [3.8, 4) is 0 Å². The Hall–Kier alpha value is -2.63. The van der Waals surface area contributed by atoms with Gasteiger partial charge in [-0.25, -0.2) is 27.9 Å². The first-order valence-corrected chi connectivity index (χ1v) is 18.6. The summed E-state index contributed by atoms with van der Waals surface area (Å²) in [6.45, 7) is -10.4. The summed E-state index contributed by atoms with van der Waals surface area (Å²) in [7, 11) is 0. The summed E-state index contributed by atoms with van der Waals surface area (Å²) in [6, 6.07) is 0. The number of halogens is 2. The summed E-state index contributed by atoms with van der Waals surface area (Å²) in [5.74, 6) is -0.496. The number of aromatic amines is 1. The topological polar surface area (TPSA) is 268 Å². The van der Waals surface area contributed by atoms with Gasteiger partial charge in [0.25, 0.3) is 5.56 Å². The number of aliphatic hydroxyl groups excluding tert-OH is 1. The molecule has 4 aliphatic rings. The van der Waals surface area contributed by atoms with Crippen molar-refractivity contribution >= 4 is 67.0 Å². The molecule has 7 heterocycles. The number of rotatable bonds is 2. The second-order valence-electron chi connectivity index (χ2n) is 10.4. The number of guanidine groups is 1. The average Bonchev–Trinajstić information content (AvgIpc) is 3.72. The van der Waals surface area contributed by atoms with Gasteiger partial charge in [-0.1, -0.05) is 24.5 Å². The van der Waals surface area contributed by atoms with Crippen LogP contribution in [0.25, 0.3) is 11.2 Å². The number of hydrogen-bond donors (Lipinski definition) is 7. The number of alkyl halides is 2. The van der Waals surface area contributed by atoms with Crippen LogP contribution < -0.4 is 22.3 Å². The highest BCUT2D eigenvalue weighted by molar-refractivity contribution is 8.44. The van der Waals surface area contributed by atoms with Crippen molar-refractivity contribution in [3.63, 3.8) is 0 Å². The number of aliphatic imine (C=N–C) groups is 1. The fourth-order valence-corrected chi connectivity index (χ4v) is 8.37. The first-order chi connectivity index (χ1) is 21.7. The van der Waals surface area contributed by atoms with Crippen molar-refractivity contribution in [1.29, 1.82) is 0 Å². The fourth-order valence-electron chi connectivity index (χ4n) is 5.41. The maximum atomic E-state index is 16.0. The molecule has 11 atom stereocenters. The third-order valence-corrected chi connectivity index (χ3v) is 10.6. The number of nitrogens with one attached hydrogen (secondary N) is 2. The highest BCUT2D eigenvalue weighted by atomic mass is 32.7. The SMILES string of the molecule is NC1=Nc2c(ncn2[C@@H]2O[C@@H]3CO[P@@](=O)(S)O[C@H]4[C@@H](F)[C@H](n5cnc6c(=O)[nH]c(N)nc65)O[C@@H]4CO[P@@](=O)(S)O[C@H]3[C@H]2F)C(O)N1. The van der Waals surface area contributed by atoms with Gasteiger partial charge in [0.1, 0.15) is 30.1 Å². The van der Waals surface area contributed by atoms with Crippen LogP contribution >= 0.6 is 38.1 Å². The summed E-state index contributed by atoms with van der Waals surface area (Å²) >= 11 is 7.92. The number of anilines is 1. The van der Waals surface area contributed by atoms with Crippen LogP contribution in [-0.4, -0.2) is 90.1 Å². The first kappa shape index (κ1) is 31.9. The van der Waals surface area contributed by atoms with Crippen molar-refractivity contribution in [2.24, 2.45) is 10.7 Å². The number of H-pyrrole nitrogens is 1. The average molecular weight is 729 g/mol. The molecule has 3 aromatic heterocycles. The quantitative estimate of drug-likeness (QED) is 0.140. The normalized spacial score (nSPS) is 39.8. The van der Waals surface area contributed by atoms with E-state index in [1.807, 2.05) is 0 Å². The monoisotopic (exact) mass is 728 g/mol. The molecule has 3 saturated heterocycles. The molecule has 250 valence electrons. The standard InChI is InChI=1S/C20H24F2N10O10P2S2/c21-7-11-5(39-17(7)31-3-25-9-13(31)27-19(23)29-15(9)33)1-37-43(35,45)42-12-6(2-38-44(36,46)41-11)40-18(8(12)22)32-4-26-10-14(32)28-20(24)30-16(10)34/h3-8,11-12,15,17-18,33H,1-2H2,(H,35,45)(H,36,46)(H3,23,27,29)(H3,24,28,30,34)/t5-,6-,7-,8-,11-,12-,15?,17-,18-,43-,44-/m1/s1. The van der Waals surface area contributed by atoms with Gasteiger partial charge in [0, 0.05) is 0 Å². The van der Waals surface area contributed by atoms with Crippen molar-refractivity contribution in [2.45, 2.75) is 55.4 Å². The molecular weight excluding hydrogens is 704 g/mol. The lowest BCUT2D eigenvalue weighted by molar-refractivity contribution is -0.0547. The molecule has 20 nitrogen and oxygen atoms in total. The van der Waals surface area contributed by atoms with Crippen LogP contribution in [0.1, 0.15) is 24.4 Å². The molecule has 3 aromatic rings. The van der Waals surface area contributed by atoms with Crippen LogP contribution in [0.5, 0.6) is 0 Å². The Balaban J connectivity index is 1.16. The van der Waals surface area contributed by atoms with Gasteiger partial charge in [0.05, 0.1) is 25.9 Å². The molecule has 7 N–H and O–H groups in total. The van der Waals surface area contributed by atoms with E-state index in [4.69, 9.17) is 39.0 Å². The Kier molecular flexibility index (Phi) is 7.99. The molecule has 4 aliphatic heterocycles. The van der Waals surface area contributed by atoms with E-state index >= 15 is 8.78 Å². The number of nitrogens with zero attached hydrogens (tertiary/aromatic N) is 6. The molecule has 0 aliphatic carbocycles. The third-order valence-electron chi connectivity index (χ3n) is 7.41. The summed E-state index contributed by atoms with van der Waals surface area (Å²) in [4.78, 5) is 30.4. The number of aliphatic hydroxyl groups is 1. The number of nitrogens with two attached hydrogens (primary N) is 2. The summed E-state index contributed by atoms with van der Waals surface area (Å²) < 4.78 is 94.1. The van der Waals surface area contributed by atoms with Gasteiger partial charge in [-0.3, -0.25) is 37.0 Å². The Morgan fingerprint density at radius 3 is 2.13 bits per heavy atom. The largest absolute Gasteiger partial charge is 0.386 e. The molecule has 0 saturated carbocycles. The van der Waals surface area contributed by atoms with Gasteiger partial charge in [-0.2, -0.15) is 9.98 Å². The summed E-state index contributed by atoms with van der Waals surface area (Å²) in [5, 5.41) is 12.6. The predicted molar refractivity (Wildman–Crippen MR) is 157 cm³/mol. The van der Waals surface area contributed by atoms with E-state index in [2.05, 4.69) is 54.7 Å². The van der Waals surface area contributed by atoms with Crippen LogP contribution in [0.15, 0.2) is 22.4 Å². The number of aromatic nitrogens is 6. The van der Waals surface area contributed by atoms with E-state index in [1.54, 1.807) is 0 Å². The zero-order valence-corrected chi connectivity index (χ0v) is 26.3. The summed E-state index contributed by atoms with van der Waals surface area (Å²) in [5.41, 5.74) is 10.3. The molecule has 0 bridgehead atoms. The van der Waals surface area contributed by atoms with Gasteiger partial charge in [-0.15, -0.1) is 0 Å². The van der Waals surface area contributed by atoms with Crippen LogP contribution in [0.2, 0.25) is 0 Å². The van der Waals surface area contributed by atoms with Gasteiger partial charge in [0.2, 0.25) is 5.95 Å². The number of hydrogen-bond acceptors (Lipinski definition) is 17. The van der Waals surface area contributed by atoms with E-state index in [-0.39, 0.29) is 34.6 Å². The molecule has 26 heteroatoms. The smallest absolute Gasteiger partial charge is 0.370 e. The minimum Gasteiger partial charge on any atom is -0.370 e. The molecule has 1 unspecified atom stereocenters. The Labute approximate surface area is 265 Å².